The largest absolute Gasteiger partial charge is 0.465 e. The molecule has 2 heterocycles. The third kappa shape index (κ3) is 6.32. The minimum Gasteiger partial charge on any atom is -0.465 e. The van der Waals surface area contributed by atoms with Gasteiger partial charge in [-0.1, -0.05) is 24.8 Å². The summed E-state index contributed by atoms with van der Waals surface area (Å²) in [4.78, 5) is 28.0. The molecule has 8 nitrogen and oxygen atoms in total. The van der Waals surface area contributed by atoms with Crippen molar-refractivity contribution in [1.29, 1.82) is 0 Å². The lowest BCUT2D eigenvalue weighted by molar-refractivity contribution is -0.113. The molecule has 0 saturated carbocycles. The maximum Gasteiger partial charge on any atom is 0.340 e. The minimum atomic E-state index is -0.466. The van der Waals surface area contributed by atoms with Crippen LogP contribution in [-0.4, -0.2) is 52.6 Å². The van der Waals surface area contributed by atoms with Crippen LogP contribution in [0.15, 0.2) is 48.1 Å². The van der Waals surface area contributed by atoms with Gasteiger partial charge in [-0.2, -0.15) is 0 Å². The number of hydrogen-bond acceptors (Lipinski definition) is 8. The van der Waals surface area contributed by atoms with E-state index < -0.39 is 5.97 Å². The van der Waals surface area contributed by atoms with Gasteiger partial charge in [0.1, 0.15) is 5.00 Å². The van der Waals surface area contributed by atoms with Crippen molar-refractivity contribution < 1.29 is 14.3 Å². The SMILES string of the molecule is C=CCn1c(SCC(=O)Nc2sc(CC)cc2C(=O)OC)nnc1-c1ccc(N(CC)CC)cc1. The number of esters is 1. The van der Waals surface area contributed by atoms with Crippen molar-refractivity contribution in [1.82, 2.24) is 14.8 Å². The molecule has 0 bridgehead atoms. The molecule has 1 aromatic carbocycles. The Kier molecular flexibility index (Phi) is 9.50. The van der Waals surface area contributed by atoms with Crippen molar-refractivity contribution >= 4 is 45.7 Å². The first-order chi connectivity index (χ1) is 16.9. The molecule has 3 aromatic rings. The van der Waals surface area contributed by atoms with Gasteiger partial charge in [-0.25, -0.2) is 4.79 Å². The molecule has 0 saturated heterocycles. The molecular formula is C25H31N5O3S2. The summed E-state index contributed by atoms with van der Waals surface area (Å²) in [5.74, 6) is 0.141. The Morgan fingerprint density at radius 1 is 1.20 bits per heavy atom. The lowest BCUT2D eigenvalue weighted by Crippen LogP contribution is -2.21. The molecule has 1 N–H and O–H groups in total. The second-order valence-corrected chi connectivity index (χ2v) is 9.64. The number of ether oxygens (including phenoxy) is 1. The Morgan fingerprint density at radius 3 is 2.51 bits per heavy atom. The van der Waals surface area contributed by atoms with Gasteiger partial charge in [0.05, 0.1) is 18.4 Å². The fraction of sp³-hybridized carbons (Fsp3) is 0.360. The fourth-order valence-corrected chi connectivity index (χ4v) is 5.32. The van der Waals surface area contributed by atoms with Gasteiger partial charge in [-0.3, -0.25) is 9.36 Å². The average Bonchev–Trinajstić information content (AvgIpc) is 3.47. The molecule has 2 aromatic heterocycles. The highest BCUT2D eigenvalue weighted by molar-refractivity contribution is 7.99. The maximum atomic E-state index is 12.7. The van der Waals surface area contributed by atoms with Crippen LogP contribution in [0.3, 0.4) is 0 Å². The monoisotopic (exact) mass is 513 g/mol. The number of amides is 1. The number of aromatic nitrogens is 3. The van der Waals surface area contributed by atoms with Crippen molar-refractivity contribution in [2.75, 3.05) is 36.2 Å². The van der Waals surface area contributed by atoms with E-state index in [9.17, 15) is 9.59 Å². The predicted molar refractivity (Wildman–Crippen MR) is 144 cm³/mol. The molecule has 0 atom stereocenters. The van der Waals surface area contributed by atoms with E-state index in [-0.39, 0.29) is 11.7 Å². The van der Waals surface area contributed by atoms with Crippen molar-refractivity contribution in [3.8, 4) is 11.4 Å². The zero-order chi connectivity index (χ0) is 25.4. The van der Waals surface area contributed by atoms with Crippen molar-refractivity contribution in [2.45, 2.75) is 38.9 Å². The Morgan fingerprint density at radius 2 is 1.91 bits per heavy atom. The molecule has 186 valence electrons. The number of rotatable bonds is 12. The topological polar surface area (TPSA) is 89.3 Å². The Hall–Kier alpha value is -3.11. The molecule has 35 heavy (non-hydrogen) atoms. The second kappa shape index (κ2) is 12.6. The van der Waals surface area contributed by atoms with Gasteiger partial charge in [-0.05, 0) is 50.6 Å². The molecule has 0 radical (unpaired) electrons. The number of anilines is 2. The number of carbonyl (C=O) groups is 2. The number of benzene rings is 1. The lowest BCUT2D eigenvalue weighted by atomic mass is 10.2. The summed E-state index contributed by atoms with van der Waals surface area (Å²) >= 11 is 2.67. The molecule has 0 unspecified atom stereocenters. The van der Waals surface area contributed by atoms with Crippen LogP contribution in [-0.2, 0) is 22.5 Å². The molecule has 0 spiro atoms. The van der Waals surface area contributed by atoms with Crippen LogP contribution in [0.5, 0.6) is 0 Å². The fourth-order valence-electron chi connectivity index (χ4n) is 3.58. The molecule has 10 heteroatoms. The normalized spacial score (nSPS) is 10.7. The summed E-state index contributed by atoms with van der Waals surface area (Å²) < 4.78 is 6.79. The minimum absolute atomic E-state index is 0.121. The summed E-state index contributed by atoms with van der Waals surface area (Å²) in [5, 5.41) is 12.7. The third-order valence-electron chi connectivity index (χ3n) is 5.40. The number of nitrogens with zero attached hydrogens (tertiary/aromatic N) is 4. The number of thiophene rings is 1. The second-order valence-electron chi connectivity index (χ2n) is 7.56. The van der Waals surface area contributed by atoms with Crippen LogP contribution >= 0.6 is 23.1 Å². The van der Waals surface area contributed by atoms with Gasteiger partial charge in [0.15, 0.2) is 11.0 Å². The molecule has 0 fully saturated rings. The van der Waals surface area contributed by atoms with Gasteiger partial charge < -0.3 is 15.0 Å². The van der Waals surface area contributed by atoms with E-state index in [1.807, 2.05) is 23.6 Å². The van der Waals surface area contributed by atoms with E-state index in [0.29, 0.717) is 22.3 Å². The molecule has 0 aliphatic carbocycles. The lowest BCUT2D eigenvalue weighted by Gasteiger charge is -2.21. The van der Waals surface area contributed by atoms with Crippen molar-refractivity contribution in [3.05, 3.63) is 53.4 Å². The summed E-state index contributed by atoms with van der Waals surface area (Å²) in [6.07, 6.45) is 2.55. The number of thioether (sulfide) groups is 1. The van der Waals surface area contributed by atoms with Gasteiger partial charge >= 0.3 is 5.97 Å². The van der Waals surface area contributed by atoms with Crippen LogP contribution in [0, 0.1) is 0 Å². The van der Waals surface area contributed by atoms with Crippen molar-refractivity contribution in [3.63, 3.8) is 0 Å². The van der Waals surface area contributed by atoms with Crippen LogP contribution in [0.4, 0.5) is 10.7 Å². The number of methoxy groups -OCH3 is 1. The molecule has 1 amide bonds. The Labute approximate surface area is 214 Å². The number of hydrogen-bond donors (Lipinski definition) is 1. The van der Waals surface area contributed by atoms with E-state index in [0.717, 1.165) is 41.5 Å². The van der Waals surface area contributed by atoms with Crippen LogP contribution < -0.4 is 10.2 Å². The molecule has 0 aliphatic heterocycles. The number of carbonyl (C=O) groups excluding carboxylic acids is 2. The zero-order valence-corrected chi connectivity index (χ0v) is 22.2. The summed E-state index contributed by atoms with van der Waals surface area (Å²) in [5.41, 5.74) is 2.48. The number of aryl methyl sites for hydroxylation is 1. The van der Waals surface area contributed by atoms with E-state index >= 15 is 0 Å². The highest BCUT2D eigenvalue weighted by Crippen LogP contribution is 2.30. The first kappa shape index (κ1) is 26.5. The van der Waals surface area contributed by atoms with Gasteiger partial charge in [0.25, 0.3) is 0 Å². The van der Waals surface area contributed by atoms with Crippen LogP contribution in [0.25, 0.3) is 11.4 Å². The van der Waals surface area contributed by atoms with E-state index in [4.69, 9.17) is 4.74 Å². The van der Waals surface area contributed by atoms with Crippen LogP contribution in [0.1, 0.15) is 36.0 Å². The van der Waals surface area contributed by atoms with Gasteiger partial charge in [0.2, 0.25) is 5.91 Å². The van der Waals surface area contributed by atoms with Crippen LogP contribution in [0.2, 0.25) is 0 Å². The predicted octanol–water partition coefficient (Wildman–Crippen LogP) is 5.12. The average molecular weight is 514 g/mol. The van der Waals surface area contributed by atoms with Gasteiger partial charge in [0, 0.05) is 35.8 Å². The third-order valence-corrected chi connectivity index (χ3v) is 7.57. The molecule has 0 aliphatic rings. The number of allylic oxidation sites excluding steroid dienone is 1. The maximum absolute atomic E-state index is 12.7. The highest BCUT2D eigenvalue weighted by Gasteiger charge is 2.20. The van der Waals surface area contributed by atoms with Gasteiger partial charge in [-0.15, -0.1) is 28.1 Å². The quantitative estimate of drug-likeness (QED) is 0.204. The van der Waals surface area contributed by atoms with E-state index in [1.165, 1.54) is 30.2 Å². The summed E-state index contributed by atoms with van der Waals surface area (Å²) in [6, 6.07) is 10.0. The van der Waals surface area contributed by atoms with Crippen molar-refractivity contribution in [2.24, 2.45) is 0 Å². The molecular weight excluding hydrogens is 482 g/mol. The summed E-state index contributed by atoms with van der Waals surface area (Å²) in [7, 11) is 1.33. The number of nitrogens with one attached hydrogen (secondary N) is 1. The summed E-state index contributed by atoms with van der Waals surface area (Å²) in [6.45, 7) is 12.5. The molecule has 3 rings (SSSR count). The smallest absolute Gasteiger partial charge is 0.340 e. The highest BCUT2D eigenvalue weighted by atomic mass is 32.2. The Balaban J connectivity index is 1.74. The standard InChI is InChI=1S/C25H31N5O3S2/c1-6-14-30-22(17-10-12-18(13-11-17)29(8-3)9-4)27-28-25(30)34-16-21(31)26-23-20(24(32)33-5)15-19(7-2)35-23/h6,10-13,15H,1,7-9,14,16H2,2-5H3,(H,26,31). The van der Waals surface area contributed by atoms with E-state index in [2.05, 4.69) is 53.0 Å². The Bertz CT molecular complexity index is 1170. The van der Waals surface area contributed by atoms with E-state index in [1.54, 1.807) is 12.1 Å². The first-order valence-corrected chi connectivity index (χ1v) is 13.3. The zero-order valence-electron chi connectivity index (χ0n) is 20.5. The first-order valence-electron chi connectivity index (χ1n) is 11.5.